The van der Waals surface area contributed by atoms with Crippen LogP contribution in [0.3, 0.4) is 0 Å². The van der Waals surface area contributed by atoms with Crippen LogP contribution in [0.15, 0.2) is 24.3 Å². The van der Waals surface area contributed by atoms with E-state index in [4.69, 9.17) is 9.47 Å². The molecular weight excluding hydrogens is 360 g/mol. The summed E-state index contributed by atoms with van der Waals surface area (Å²) < 4.78 is 10.5. The monoisotopic (exact) mass is 390 g/mol. The maximum atomic E-state index is 12.2. The van der Waals surface area contributed by atoms with Crippen molar-refractivity contribution in [1.82, 2.24) is 10.2 Å². The van der Waals surface area contributed by atoms with Gasteiger partial charge in [-0.2, -0.15) is 0 Å². The molecule has 1 fully saturated rings. The van der Waals surface area contributed by atoms with E-state index in [9.17, 15) is 14.4 Å². The van der Waals surface area contributed by atoms with Crippen LogP contribution < -0.4 is 10.1 Å². The first-order valence-electron chi connectivity index (χ1n) is 9.96. The zero-order valence-electron chi connectivity index (χ0n) is 16.7. The minimum absolute atomic E-state index is 0.0182. The third kappa shape index (κ3) is 6.87. The third-order valence-corrected chi connectivity index (χ3v) is 4.77. The number of carbonyl (C=O) groups is 3. The maximum absolute atomic E-state index is 12.2. The molecule has 1 aromatic rings. The van der Waals surface area contributed by atoms with Crippen molar-refractivity contribution in [3.8, 4) is 5.75 Å². The summed E-state index contributed by atoms with van der Waals surface area (Å²) in [5.41, 5.74) is 1.07. The van der Waals surface area contributed by atoms with Gasteiger partial charge in [-0.15, -0.1) is 0 Å². The molecular formula is C21H30N2O5. The summed E-state index contributed by atoms with van der Waals surface area (Å²) in [6.45, 7) is 5.25. The summed E-state index contributed by atoms with van der Waals surface area (Å²) in [4.78, 5) is 37.4. The fourth-order valence-corrected chi connectivity index (χ4v) is 3.22. The number of likely N-dealkylation sites (tertiary alicyclic amines) is 1. The smallest absolute Gasteiger partial charge is 0.306 e. The number of hydrogen-bond acceptors (Lipinski definition) is 5. The molecule has 1 aromatic carbocycles. The molecule has 0 radical (unpaired) electrons. The summed E-state index contributed by atoms with van der Waals surface area (Å²) in [5.74, 6) is 0.195. The predicted octanol–water partition coefficient (Wildman–Crippen LogP) is 2.08. The standard InChI is InChI=1S/C21H30N2O5/c1-3-16-7-5-6-8-18(16)28-15-19(24)22-17-11-13-23(14-12-17)20(25)9-10-21(26)27-4-2/h5-8,17H,3-4,9-15H2,1-2H3,(H,22,24). The third-order valence-electron chi connectivity index (χ3n) is 4.77. The molecule has 1 aliphatic rings. The van der Waals surface area contributed by atoms with E-state index in [1.807, 2.05) is 31.2 Å². The summed E-state index contributed by atoms with van der Waals surface area (Å²) in [7, 11) is 0. The van der Waals surface area contributed by atoms with Gasteiger partial charge >= 0.3 is 5.97 Å². The van der Waals surface area contributed by atoms with Crippen LogP contribution in [0, 0.1) is 0 Å². The van der Waals surface area contributed by atoms with E-state index in [1.165, 1.54) is 0 Å². The van der Waals surface area contributed by atoms with Crippen LogP contribution in [-0.4, -0.2) is 55.0 Å². The largest absolute Gasteiger partial charge is 0.483 e. The fourth-order valence-electron chi connectivity index (χ4n) is 3.22. The molecule has 2 rings (SSSR count). The lowest BCUT2D eigenvalue weighted by molar-refractivity contribution is -0.146. The Bertz CT molecular complexity index is 669. The van der Waals surface area contributed by atoms with Crippen molar-refractivity contribution in [3.63, 3.8) is 0 Å². The second kappa shape index (κ2) is 11.3. The Hall–Kier alpha value is -2.57. The molecule has 7 nitrogen and oxygen atoms in total. The van der Waals surface area contributed by atoms with Crippen LogP contribution in [0.4, 0.5) is 0 Å². The van der Waals surface area contributed by atoms with E-state index in [-0.39, 0.29) is 43.3 Å². The van der Waals surface area contributed by atoms with Gasteiger partial charge in [0, 0.05) is 25.6 Å². The van der Waals surface area contributed by atoms with Crippen LogP contribution in [0.5, 0.6) is 5.75 Å². The molecule has 1 saturated heterocycles. The lowest BCUT2D eigenvalue weighted by atomic mass is 10.0. The van der Waals surface area contributed by atoms with E-state index in [2.05, 4.69) is 5.32 Å². The Balaban J connectivity index is 1.68. The first kappa shape index (κ1) is 21.7. The molecule has 0 bridgehead atoms. The van der Waals surface area contributed by atoms with Gasteiger partial charge in [-0.1, -0.05) is 25.1 Å². The lowest BCUT2D eigenvalue weighted by Crippen LogP contribution is -2.47. The zero-order valence-corrected chi connectivity index (χ0v) is 16.7. The first-order chi connectivity index (χ1) is 13.5. The number of esters is 1. The second-order valence-electron chi connectivity index (χ2n) is 6.78. The van der Waals surface area contributed by atoms with E-state index in [1.54, 1.807) is 11.8 Å². The number of ether oxygens (including phenoxy) is 2. The van der Waals surface area contributed by atoms with Crippen molar-refractivity contribution < 1.29 is 23.9 Å². The van der Waals surface area contributed by atoms with E-state index >= 15 is 0 Å². The van der Waals surface area contributed by atoms with Gasteiger partial charge in [0.15, 0.2) is 6.61 Å². The number of amides is 2. The van der Waals surface area contributed by atoms with Crippen LogP contribution in [0.2, 0.25) is 0 Å². The molecule has 0 spiro atoms. The molecule has 0 unspecified atom stereocenters. The van der Waals surface area contributed by atoms with E-state index in [0.29, 0.717) is 32.5 Å². The molecule has 154 valence electrons. The summed E-state index contributed by atoms with van der Waals surface area (Å²) in [5, 5.41) is 2.98. The average Bonchev–Trinajstić information content (AvgIpc) is 2.71. The Morgan fingerprint density at radius 1 is 1.11 bits per heavy atom. The Morgan fingerprint density at radius 2 is 1.82 bits per heavy atom. The summed E-state index contributed by atoms with van der Waals surface area (Å²) in [6, 6.07) is 7.73. The molecule has 0 saturated carbocycles. The minimum Gasteiger partial charge on any atom is -0.483 e. The molecule has 2 amide bonds. The topological polar surface area (TPSA) is 84.9 Å². The number of hydrogen-bond donors (Lipinski definition) is 1. The van der Waals surface area contributed by atoms with Crippen molar-refractivity contribution >= 4 is 17.8 Å². The van der Waals surface area contributed by atoms with Gasteiger partial charge in [0.25, 0.3) is 5.91 Å². The molecule has 0 atom stereocenters. The molecule has 7 heteroatoms. The number of piperidine rings is 1. The summed E-state index contributed by atoms with van der Waals surface area (Å²) in [6.07, 6.45) is 2.52. The highest BCUT2D eigenvalue weighted by atomic mass is 16.5. The Morgan fingerprint density at radius 3 is 2.50 bits per heavy atom. The van der Waals surface area contributed by atoms with Gasteiger partial charge in [0.1, 0.15) is 5.75 Å². The van der Waals surface area contributed by atoms with Crippen LogP contribution >= 0.6 is 0 Å². The van der Waals surface area contributed by atoms with Crippen LogP contribution in [0.25, 0.3) is 0 Å². The lowest BCUT2D eigenvalue weighted by Gasteiger charge is -2.32. The SMILES string of the molecule is CCOC(=O)CCC(=O)N1CCC(NC(=O)COc2ccccc2CC)CC1. The first-order valence-corrected chi connectivity index (χ1v) is 9.96. The number of nitrogens with one attached hydrogen (secondary N) is 1. The molecule has 1 heterocycles. The molecule has 28 heavy (non-hydrogen) atoms. The Kier molecular flexibility index (Phi) is 8.78. The second-order valence-corrected chi connectivity index (χ2v) is 6.78. The number of benzene rings is 1. The van der Waals surface area contributed by atoms with Crippen LogP contribution in [0.1, 0.15) is 45.1 Å². The highest BCUT2D eigenvalue weighted by Gasteiger charge is 2.24. The van der Waals surface area contributed by atoms with Gasteiger partial charge < -0.3 is 19.7 Å². The molecule has 1 N–H and O–H groups in total. The summed E-state index contributed by atoms with van der Waals surface area (Å²) >= 11 is 0. The average molecular weight is 390 g/mol. The molecule has 1 aliphatic heterocycles. The minimum atomic E-state index is -0.345. The van der Waals surface area contributed by atoms with E-state index < -0.39 is 0 Å². The van der Waals surface area contributed by atoms with Gasteiger partial charge in [-0.3, -0.25) is 14.4 Å². The number of aryl methyl sites for hydroxylation is 1. The van der Waals surface area contributed by atoms with Crippen LogP contribution in [-0.2, 0) is 25.5 Å². The van der Waals surface area contributed by atoms with Gasteiger partial charge in [-0.05, 0) is 37.8 Å². The normalized spacial score (nSPS) is 14.4. The Labute approximate surface area is 166 Å². The highest BCUT2D eigenvalue weighted by molar-refractivity contribution is 5.81. The number of rotatable bonds is 9. The van der Waals surface area contributed by atoms with Gasteiger partial charge in [0.2, 0.25) is 5.91 Å². The quantitative estimate of drug-likeness (QED) is 0.653. The van der Waals surface area contributed by atoms with Crippen molar-refractivity contribution in [2.24, 2.45) is 0 Å². The molecule has 0 aromatic heterocycles. The maximum Gasteiger partial charge on any atom is 0.306 e. The van der Waals surface area contributed by atoms with E-state index in [0.717, 1.165) is 17.7 Å². The predicted molar refractivity (Wildman–Crippen MR) is 105 cm³/mol. The van der Waals surface area contributed by atoms with Crippen molar-refractivity contribution in [3.05, 3.63) is 29.8 Å². The number of carbonyl (C=O) groups excluding carboxylic acids is 3. The highest BCUT2D eigenvalue weighted by Crippen LogP contribution is 2.18. The van der Waals surface area contributed by atoms with Gasteiger partial charge in [0.05, 0.1) is 13.0 Å². The zero-order chi connectivity index (χ0) is 20.4. The van der Waals surface area contributed by atoms with Crippen molar-refractivity contribution in [2.45, 2.75) is 52.0 Å². The fraction of sp³-hybridized carbons (Fsp3) is 0.571. The number of nitrogens with zero attached hydrogens (tertiary/aromatic N) is 1. The number of para-hydroxylation sites is 1. The van der Waals surface area contributed by atoms with Gasteiger partial charge in [-0.25, -0.2) is 0 Å². The molecule has 0 aliphatic carbocycles. The van der Waals surface area contributed by atoms with Crippen molar-refractivity contribution in [1.29, 1.82) is 0 Å². The van der Waals surface area contributed by atoms with Crippen molar-refractivity contribution in [2.75, 3.05) is 26.3 Å².